The first-order valence-corrected chi connectivity index (χ1v) is 19.7. The summed E-state index contributed by atoms with van der Waals surface area (Å²) in [5.41, 5.74) is 6.63. The Hall–Kier alpha value is -5.99. The van der Waals surface area contributed by atoms with Crippen LogP contribution < -0.4 is 11.1 Å². The van der Waals surface area contributed by atoms with Gasteiger partial charge in [0.15, 0.2) is 11.9 Å². The van der Waals surface area contributed by atoms with Crippen LogP contribution in [0.3, 0.4) is 0 Å². The van der Waals surface area contributed by atoms with E-state index in [1.165, 1.54) is 11.2 Å². The number of ether oxygens (including phenoxy) is 4. The Kier molecular flexibility index (Phi) is 12.3. The highest BCUT2D eigenvalue weighted by atomic mass is 16.6. The lowest BCUT2D eigenvalue weighted by molar-refractivity contribution is -0.160. The van der Waals surface area contributed by atoms with E-state index < -0.39 is 71.2 Å². The van der Waals surface area contributed by atoms with E-state index in [4.69, 9.17) is 24.7 Å². The molecule has 312 valence electrons. The van der Waals surface area contributed by atoms with Gasteiger partial charge in [0.1, 0.15) is 40.8 Å². The van der Waals surface area contributed by atoms with E-state index in [1.807, 2.05) is 91.0 Å². The number of alkyl carbamates (subject to hydrolysis) is 1. The number of aromatic nitrogens is 3. The third kappa shape index (κ3) is 9.18. The number of hydrogen-bond acceptors (Lipinski definition) is 11. The maximum atomic E-state index is 14.7. The molecule has 2 amide bonds. The van der Waals surface area contributed by atoms with E-state index in [0.717, 1.165) is 16.7 Å². The summed E-state index contributed by atoms with van der Waals surface area (Å²) in [4.78, 5) is 55.0. The maximum Gasteiger partial charge on any atom is 0.411 e. The van der Waals surface area contributed by atoms with E-state index in [-0.39, 0.29) is 12.4 Å². The van der Waals surface area contributed by atoms with Crippen LogP contribution in [-0.2, 0) is 29.3 Å². The number of carbonyl (C=O) groups is 3. The number of benzene rings is 3. The van der Waals surface area contributed by atoms with Crippen LogP contribution >= 0.6 is 0 Å². The van der Waals surface area contributed by atoms with E-state index >= 15 is 0 Å². The number of nitrogen functional groups attached to an aromatic ring is 1. The molecule has 5 N–H and O–H groups in total. The Bertz CT molecular complexity index is 2120. The van der Waals surface area contributed by atoms with E-state index in [1.54, 1.807) is 61.6 Å². The molecule has 3 aromatic carbocycles. The second-order valence-corrected chi connectivity index (χ2v) is 17.0. The molecule has 1 aliphatic rings. The molecule has 0 aliphatic carbocycles. The molecule has 14 nitrogen and oxygen atoms in total. The number of nitrogens with two attached hydrogens (primary N) is 1. The van der Waals surface area contributed by atoms with Crippen LogP contribution in [0.4, 0.5) is 15.4 Å². The Morgan fingerprint density at radius 2 is 1.36 bits per heavy atom. The molecule has 0 spiro atoms. The van der Waals surface area contributed by atoms with Gasteiger partial charge in [-0.25, -0.2) is 24.4 Å². The SMILES string of the molecule is CC(C)C(NC(=O)OC(C)(C)C)C(=O)OC1C(O)C(c2c[nH]c3c(N)ncnc23)N(C(=O)OC(C)(C)C)C1COC(c1ccccc1)(c1ccccc1)c1ccccc1. The van der Waals surface area contributed by atoms with Crippen LogP contribution in [0.1, 0.15) is 83.7 Å². The maximum absolute atomic E-state index is 14.7. The molecule has 0 radical (unpaired) electrons. The third-order valence-electron chi connectivity index (χ3n) is 10.00. The molecule has 3 heterocycles. The van der Waals surface area contributed by atoms with Crippen molar-refractivity contribution in [2.24, 2.45) is 5.92 Å². The lowest BCUT2D eigenvalue weighted by Gasteiger charge is -2.39. The summed E-state index contributed by atoms with van der Waals surface area (Å²) in [5.74, 6) is -1.15. The molecule has 0 saturated carbocycles. The predicted molar refractivity (Wildman–Crippen MR) is 222 cm³/mol. The second kappa shape index (κ2) is 17.1. The van der Waals surface area contributed by atoms with Crippen molar-refractivity contribution >= 4 is 35.0 Å². The first-order chi connectivity index (χ1) is 27.9. The van der Waals surface area contributed by atoms with Gasteiger partial charge in [-0.1, -0.05) is 105 Å². The van der Waals surface area contributed by atoms with Gasteiger partial charge in [0.05, 0.1) is 24.2 Å². The summed E-state index contributed by atoms with van der Waals surface area (Å²) >= 11 is 0. The highest BCUT2D eigenvalue weighted by Crippen LogP contribution is 2.45. The third-order valence-corrected chi connectivity index (χ3v) is 10.00. The van der Waals surface area contributed by atoms with Gasteiger partial charge in [-0.05, 0) is 64.2 Å². The molecule has 1 aliphatic heterocycles. The Labute approximate surface area is 344 Å². The van der Waals surface area contributed by atoms with Gasteiger partial charge in [0.25, 0.3) is 0 Å². The Balaban J connectivity index is 1.52. The van der Waals surface area contributed by atoms with Crippen LogP contribution in [0.25, 0.3) is 11.0 Å². The number of aliphatic hydroxyl groups excluding tert-OH is 1. The summed E-state index contributed by atoms with van der Waals surface area (Å²) in [7, 11) is 0. The number of fused-ring (bicyclic) bond motifs is 1. The quantitative estimate of drug-likeness (QED) is 0.0609. The van der Waals surface area contributed by atoms with Crippen molar-refractivity contribution in [1.29, 1.82) is 0 Å². The number of H-pyrrole nitrogens is 1. The first kappa shape index (κ1) is 42.6. The van der Waals surface area contributed by atoms with E-state index in [2.05, 4.69) is 20.3 Å². The van der Waals surface area contributed by atoms with E-state index in [0.29, 0.717) is 16.6 Å². The summed E-state index contributed by atoms with van der Waals surface area (Å²) in [5, 5.41) is 15.2. The molecule has 59 heavy (non-hydrogen) atoms. The summed E-state index contributed by atoms with van der Waals surface area (Å²) in [6.07, 6.45) is -1.73. The Morgan fingerprint density at radius 3 is 1.85 bits per heavy atom. The lowest BCUT2D eigenvalue weighted by Crippen LogP contribution is -2.52. The Morgan fingerprint density at radius 1 is 0.831 bits per heavy atom. The summed E-state index contributed by atoms with van der Waals surface area (Å²) in [6, 6.07) is 25.4. The molecule has 5 aromatic rings. The van der Waals surface area contributed by atoms with Gasteiger partial charge in [-0.15, -0.1) is 0 Å². The molecule has 2 aromatic heterocycles. The van der Waals surface area contributed by atoms with Crippen molar-refractivity contribution in [2.45, 2.75) is 103 Å². The number of aliphatic hydroxyl groups is 1. The fourth-order valence-electron chi connectivity index (χ4n) is 7.48. The molecule has 5 unspecified atom stereocenters. The molecule has 6 rings (SSSR count). The zero-order valence-electron chi connectivity index (χ0n) is 34.7. The fourth-order valence-corrected chi connectivity index (χ4v) is 7.48. The number of amides is 2. The average molecular weight is 807 g/mol. The topological polar surface area (TPSA) is 191 Å². The number of anilines is 1. The number of nitrogens with one attached hydrogen (secondary N) is 2. The molecule has 14 heteroatoms. The van der Waals surface area contributed by atoms with Crippen molar-refractivity contribution < 1.29 is 38.4 Å². The average Bonchev–Trinajstić information content (AvgIpc) is 3.72. The minimum Gasteiger partial charge on any atom is -0.456 e. The van der Waals surface area contributed by atoms with E-state index in [9.17, 15) is 19.5 Å². The zero-order valence-corrected chi connectivity index (χ0v) is 34.7. The van der Waals surface area contributed by atoms with Gasteiger partial charge in [-0.3, -0.25) is 4.90 Å². The largest absolute Gasteiger partial charge is 0.456 e. The molecule has 1 fully saturated rings. The lowest BCUT2D eigenvalue weighted by atomic mass is 9.80. The minimum absolute atomic E-state index is 0.159. The highest BCUT2D eigenvalue weighted by molar-refractivity contribution is 5.88. The van der Waals surface area contributed by atoms with Gasteiger partial charge >= 0.3 is 18.2 Å². The fraction of sp³-hybridized carbons (Fsp3) is 0.400. The molecule has 1 saturated heterocycles. The minimum atomic E-state index is -1.57. The number of aromatic amines is 1. The number of carbonyl (C=O) groups excluding carboxylic acids is 3. The number of esters is 1. The van der Waals surface area contributed by atoms with Gasteiger partial charge in [0, 0.05) is 11.8 Å². The number of nitrogens with zero attached hydrogens (tertiary/aromatic N) is 3. The first-order valence-electron chi connectivity index (χ1n) is 19.7. The molecule has 0 bridgehead atoms. The summed E-state index contributed by atoms with van der Waals surface area (Å²) < 4.78 is 25.0. The monoisotopic (exact) mass is 806 g/mol. The summed E-state index contributed by atoms with van der Waals surface area (Å²) in [6.45, 7) is 13.5. The highest BCUT2D eigenvalue weighted by Gasteiger charge is 2.56. The van der Waals surface area contributed by atoms with Crippen LogP contribution in [0.5, 0.6) is 0 Å². The second-order valence-electron chi connectivity index (χ2n) is 17.0. The van der Waals surface area contributed by atoms with Crippen molar-refractivity contribution in [3.63, 3.8) is 0 Å². The smallest absolute Gasteiger partial charge is 0.411 e. The van der Waals surface area contributed by atoms with Crippen LogP contribution in [0.2, 0.25) is 0 Å². The molecular formula is C45H54N6O8. The van der Waals surface area contributed by atoms with Crippen molar-refractivity contribution in [2.75, 3.05) is 12.3 Å². The zero-order chi connectivity index (χ0) is 42.7. The number of likely N-dealkylation sites (tertiary alicyclic amines) is 1. The van der Waals surface area contributed by atoms with Crippen LogP contribution in [-0.4, -0.2) is 85.2 Å². The van der Waals surface area contributed by atoms with Gasteiger partial charge in [-0.2, -0.15) is 0 Å². The standard InChI is InChI=1S/C45H54N6O8/c1-27(2)33(50-41(54)58-43(3,4)5)40(53)57-38-32(25-56-45(28-18-12-9-13-19-28,29-20-14-10-15-21-29)30-22-16-11-17-23-30)51(42(55)59-44(6,7)8)36(37(38)52)31-24-47-35-34(31)48-26-49-39(35)46/h9-24,26-27,32-33,36-38,47,52H,25H2,1-8H3,(H,50,54)(H2,46,48,49). The predicted octanol–water partition coefficient (Wildman–Crippen LogP) is 7.03. The normalized spacial score (nSPS) is 19.1. The molecular weight excluding hydrogens is 753 g/mol. The van der Waals surface area contributed by atoms with Crippen molar-refractivity contribution in [3.8, 4) is 0 Å². The van der Waals surface area contributed by atoms with Crippen molar-refractivity contribution in [1.82, 2.24) is 25.2 Å². The van der Waals surface area contributed by atoms with Gasteiger partial charge in [0.2, 0.25) is 0 Å². The van der Waals surface area contributed by atoms with Crippen molar-refractivity contribution in [3.05, 3.63) is 126 Å². The van der Waals surface area contributed by atoms with Crippen LogP contribution in [0, 0.1) is 5.92 Å². The number of hydrogen-bond donors (Lipinski definition) is 4. The van der Waals surface area contributed by atoms with Gasteiger partial charge < -0.3 is 40.1 Å². The number of rotatable bonds is 11. The van der Waals surface area contributed by atoms with Crippen LogP contribution in [0.15, 0.2) is 104 Å². The molecule has 5 atom stereocenters.